The Morgan fingerprint density at radius 3 is 2.52 bits per heavy atom. The van der Waals surface area contributed by atoms with E-state index in [-0.39, 0.29) is 36.7 Å². The Labute approximate surface area is 383 Å². The van der Waals surface area contributed by atoms with Gasteiger partial charge in [0.1, 0.15) is 54.7 Å². The zero-order valence-corrected chi connectivity index (χ0v) is 39.0. The van der Waals surface area contributed by atoms with E-state index >= 15 is 0 Å². The molecule has 3 aromatic heterocycles. The van der Waals surface area contributed by atoms with E-state index in [4.69, 9.17) is 34.9 Å². The van der Waals surface area contributed by atoms with E-state index in [0.717, 1.165) is 55.4 Å². The number of carbonyl (C=O) groups excluding carboxylic acids is 2. The molecule has 1 saturated heterocycles. The number of esters is 1. The summed E-state index contributed by atoms with van der Waals surface area (Å²) in [6.45, 7) is 11.7. The van der Waals surface area contributed by atoms with Gasteiger partial charge in [-0.15, -0.1) is 0 Å². The lowest BCUT2D eigenvalue weighted by atomic mass is 10.1. The normalized spacial score (nSPS) is 19.3. The van der Waals surface area contributed by atoms with E-state index in [0.29, 0.717) is 22.8 Å². The van der Waals surface area contributed by atoms with Crippen molar-refractivity contribution < 1.29 is 47.6 Å². The maximum atomic E-state index is 14.1. The Bertz CT molecular complexity index is 2380. The SMILES string of the molecule is CCC(CC)COC(=O)[C@H](C)N[P@](=O)(OC[C@H]1O[C@@H](c2ccc3c(NC(=O)OCCN(CC)CCCC(C)Nc4ccnc5cc(Cl)ccc45)ncnn23)[C@H](O)[C@@H]1O)Oc1ccccc1. The number of para-hydroxylation sites is 1. The average molecular weight is 939 g/mol. The number of anilines is 2. The number of hydrogen-bond donors (Lipinski definition) is 5. The van der Waals surface area contributed by atoms with Crippen LogP contribution in [0.15, 0.2) is 79.3 Å². The fraction of sp³-hybridized carbons (Fsp3) is 0.489. The van der Waals surface area contributed by atoms with Gasteiger partial charge in [-0.2, -0.15) is 10.2 Å². The summed E-state index contributed by atoms with van der Waals surface area (Å²) in [4.78, 5) is 36.7. The lowest BCUT2D eigenvalue weighted by molar-refractivity contribution is -0.146. The van der Waals surface area contributed by atoms with Crippen molar-refractivity contribution in [3.63, 3.8) is 0 Å². The smallest absolute Gasteiger partial charge is 0.459 e. The number of ether oxygens (including phenoxy) is 3. The van der Waals surface area contributed by atoms with Gasteiger partial charge in [0.2, 0.25) is 0 Å². The van der Waals surface area contributed by atoms with Crippen molar-refractivity contribution in [2.24, 2.45) is 5.92 Å². The Kier molecular flexibility index (Phi) is 17.9. The van der Waals surface area contributed by atoms with E-state index in [9.17, 15) is 24.4 Å². The van der Waals surface area contributed by atoms with Gasteiger partial charge in [-0.05, 0) is 94.2 Å². The number of amides is 1. The first kappa shape index (κ1) is 49.5. The zero-order valence-electron chi connectivity index (χ0n) is 37.3. The number of nitrogens with zero attached hydrogens (tertiary/aromatic N) is 5. The molecular weight excluding hydrogens is 879 g/mol. The molecular formula is C45H60ClN8O10P. The van der Waals surface area contributed by atoms with Crippen molar-refractivity contribution in [2.75, 3.05) is 50.1 Å². The van der Waals surface area contributed by atoms with Crippen LogP contribution >= 0.6 is 19.3 Å². The molecule has 6 rings (SSSR count). The zero-order chi connectivity index (χ0) is 46.5. The highest BCUT2D eigenvalue weighted by atomic mass is 35.5. The number of halogens is 1. The van der Waals surface area contributed by atoms with Crippen LogP contribution in [-0.2, 0) is 28.1 Å². The van der Waals surface area contributed by atoms with Crippen molar-refractivity contribution in [1.82, 2.24) is 29.6 Å². The van der Waals surface area contributed by atoms with Crippen molar-refractivity contribution >= 4 is 59.3 Å². The number of hydrogen-bond acceptors (Lipinski definition) is 15. The summed E-state index contributed by atoms with van der Waals surface area (Å²) in [6.07, 6.45) is 0.581. The van der Waals surface area contributed by atoms with Gasteiger partial charge in [-0.3, -0.25) is 19.6 Å². The quantitative estimate of drug-likeness (QED) is 0.0300. The molecule has 7 atom stereocenters. The van der Waals surface area contributed by atoms with Crippen LogP contribution in [0.1, 0.15) is 72.1 Å². The fourth-order valence-corrected chi connectivity index (χ4v) is 9.12. The van der Waals surface area contributed by atoms with Gasteiger partial charge in [0.15, 0.2) is 5.82 Å². The second-order valence-electron chi connectivity index (χ2n) is 16.0. The van der Waals surface area contributed by atoms with Crippen molar-refractivity contribution in [3.8, 4) is 5.75 Å². The van der Waals surface area contributed by atoms with Crippen molar-refractivity contribution in [2.45, 2.75) is 96.8 Å². The highest BCUT2D eigenvalue weighted by Gasteiger charge is 2.46. The summed E-state index contributed by atoms with van der Waals surface area (Å²) >= 11 is 6.15. The van der Waals surface area contributed by atoms with E-state index in [1.54, 1.807) is 48.7 Å². The minimum Gasteiger partial charge on any atom is -0.464 e. The number of rotatable bonds is 24. The third-order valence-electron chi connectivity index (χ3n) is 11.4. The molecule has 2 aromatic carbocycles. The highest BCUT2D eigenvalue weighted by molar-refractivity contribution is 7.52. The largest absolute Gasteiger partial charge is 0.464 e. The van der Waals surface area contributed by atoms with Gasteiger partial charge in [0.05, 0.1) is 24.4 Å². The van der Waals surface area contributed by atoms with Gasteiger partial charge in [-0.25, -0.2) is 18.9 Å². The standard InChI is InChI=1S/C45H60ClN8O10P/c1-6-31(7-2)26-61-44(57)30(5)52-65(59,64-33-14-10-9-11-15-33)62-27-39-40(55)41(56)42(63-39)37-18-19-38-43(48-28-49-54(37)38)51-45(58)60-24-23-53(8-3)22-12-13-29(4)50-35-20-21-47-36-25-32(46)16-17-34(35)36/h9-11,14-21,25,28-31,39-42,55-56H,6-8,12-13,22-24,26-27H2,1-5H3,(H,47,50)(H,52,59)(H,48,49,51,58)/t29?,30-,39+,40+,41+,42-,65-/m0/s1. The number of aromatic nitrogens is 4. The van der Waals surface area contributed by atoms with Gasteiger partial charge in [0.25, 0.3) is 0 Å². The molecule has 0 aliphatic carbocycles. The highest BCUT2D eigenvalue weighted by Crippen LogP contribution is 2.46. The first-order valence-electron chi connectivity index (χ1n) is 22.1. The van der Waals surface area contributed by atoms with Gasteiger partial charge in [0, 0.05) is 34.9 Å². The molecule has 1 aliphatic rings. The summed E-state index contributed by atoms with van der Waals surface area (Å²) < 4.78 is 44.2. The molecule has 0 bridgehead atoms. The molecule has 65 heavy (non-hydrogen) atoms. The second kappa shape index (κ2) is 23.5. The molecule has 5 N–H and O–H groups in total. The number of aliphatic hydroxyl groups is 2. The first-order valence-corrected chi connectivity index (χ1v) is 24.0. The minimum atomic E-state index is -4.31. The van der Waals surface area contributed by atoms with E-state index in [1.807, 2.05) is 38.1 Å². The Hall–Kier alpha value is -4.91. The molecule has 4 heterocycles. The predicted octanol–water partition coefficient (Wildman–Crippen LogP) is 7.41. The number of nitrogens with one attached hydrogen (secondary N) is 3. The van der Waals surface area contributed by atoms with E-state index in [2.05, 4.69) is 49.5 Å². The monoisotopic (exact) mass is 938 g/mol. The van der Waals surface area contributed by atoms with Crippen LogP contribution in [0.3, 0.4) is 0 Å². The first-order chi connectivity index (χ1) is 31.3. The molecule has 0 spiro atoms. The second-order valence-corrected chi connectivity index (χ2v) is 18.1. The number of fused-ring (bicyclic) bond motifs is 2. The van der Waals surface area contributed by atoms with Crippen LogP contribution in [0.2, 0.25) is 5.02 Å². The molecule has 0 radical (unpaired) electrons. The lowest BCUT2D eigenvalue weighted by Crippen LogP contribution is -2.37. The molecule has 1 amide bonds. The topological polar surface area (TPSA) is 220 Å². The van der Waals surface area contributed by atoms with E-state index < -0.39 is 56.9 Å². The minimum absolute atomic E-state index is 0.149. The van der Waals surface area contributed by atoms with Crippen LogP contribution < -0.4 is 20.2 Å². The third kappa shape index (κ3) is 13.4. The predicted molar refractivity (Wildman–Crippen MR) is 247 cm³/mol. The maximum Gasteiger partial charge on any atom is 0.459 e. The molecule has 5 aromatic rings. The van der Waals surface area contributed by atoms with E-state index in [1.165, 1.54) is 17.8 Å². The van der Waals surface area contributed by atoms with Crippen LogP contribution in [0.5, 0.6) is 5.75 Å². The Morgan fingerprint density at radius 1 is 0.985 bits per heavy atom. The van der Waals surface area contributed by atoms with Crippen LogP contribution in [0.4, 0.5) is 16.3 Å². The van der Waals surface area contributed by atoms with Crippen molar-refractivity contribution in [1.29, 1.82) is 0 Å². The lowest BCUT2D eigenvalue weighted by Gasteiger charge is -2.25. The Balaban J connectivity index is 0.998. The number of benzene rings is 2. The average Bonchev–Trinajstić information content (AvgIpc) is 3.85. The summed E-state index contributed by atoms with van der Waals surface area (Å²) in [6, 6.07) is 18.3. The summed E-state index contributed by atoms with van der Waals surface area (Å²) in [5.74, 6) is -0.0906. The molecule has 1 unspecified atom stereocenters. The molecule has 0 saturated carbocycles. The third-order valence-corrected chi connectivity index (χ3v) is 13.2. The molecule has 18 nitrogen and oxygen atoms in total. The van der Waals surface area contributed by atoms with Crippen molar-refractivity contribution in [3.05, 3.63) is 90.0 Å². The maximum absolute atomic E-state index is 14.1. The van der Waals surface area contributed by atoms with Gasteiger partial charge < -0.3 is 39.2 Å². The molecule has 20 heteroatoms. The van der Waals surface area contributed by atoms with Crippen LogP contribution in [-0.4, -0.2) is 117 Å². The Morgan fingerprint density at radius 2 is 1.77 bits per heavy atom. The summed E-state index contributed by atoms with van der Waals surface area (Å²) in [7, 11) is -4.31. The molecule has 352 valence electrons. The summed E-state index contributed by atoms with van der Waals surface area (Å²) in [5, 5.41) is 37.2. The fourth-order valence-electron chi connectivity index (χ4n) is 7.45. The number of aliphatic hydroxyl groups excluding tert-OH is 2. The van der Waals surface area contributed by atoms with Crippen LogP contribution in [0, 0.1) is 5.92 Å². The van der Waals surface area contributed by atoms with Gasteiger partial charge in [-0.1, -0.05) is 63.4 Å². The summed E-state index contributed by atoms with van der Waals surface area (Å²) in [5.41, 5.74) is 2.56. The number of carbonyl (C=O) groups is 2. The molecule has 1 fully saturated rings. The number of likely N-dealkylation sites (N-methyl/N-ethyl adjacent to an activating group) is 1. The van der Waals surface area contributed by atoms with Gasteiger partial charge >= 0.3 is 19.8 Å². The van der Waals surface area contributed by atoms with Crippen LogP contribution in [0.25, 0.3) is 16.4 Å². The number of pyridine rings is 1. The molecule has 1 aliphatic heterocycles.